The van der Waals surface area contributed by atoms with E-state index in [1.165, 1.54) is 0 Å². The van der Waals surface area contributed by atoms with Gasteiger partial charge in [0.05, 0.1) is 6.61 Å². The van der Waals surface area contributed by atoms with Gasteiger partial charge in [-0.25, -0.2) is 17.2 Å². The second-order valence-corrected chi connectivity index (χ2v) is 7.25. The third-order valence-corrected chi connectivity index (χ3v) is 4.32. The van der Waals surface area contributed by atoms with Crippen LogP contribution < -0.4 is 4.74 Å². The van der Waals surface area contributed by atoms with Gasteiger partial charge in [0.2, 0.25) is 0 Å². The van der Waals surface area contributed by atoms with E-state index in [9.17, 15) is 17.2 Å². The smallest absolute Gasteiger partial charge is 0.265 e. The van der Waals surface area contributed by atoms with Crippen molar-refractivity contribution in [2.75, 3.05) is 33.4 Å². The predicted molar refractivity (Wildman–Crippen MR) is 72.1 cm³/mol. The largest absolute Gasteiger partial charge is 0.486 e. The summed E-state index contributed by atoms with van der Waals surface area (Å²) in [5.41, 5.74) is 0. The van der Waals surface area contributed by atoms with Gasteiger partial charge < -0.3 is 14.4 Å². The molecule has 2 rings (SSSR count). The highest BCUT2D eigenvalue weighted by Gasteiger charge is 2.25. The topological polar surface area (TPSA) is 55.8 Å². The molecule has 1 aromatic carbocycles. The summed E-state index contributed by atoms with van der Waals surface area (Å²) in [7, 11) is 2.74. The summed E-state index contributed by atoms with van der Waals surface area (Å²) in [6.07, 6.45) is -0.334. The van der Waals surface area contributed by atoms with Gasteiger partial charge in [-0.15, -0.1) is 0 Å². The van der Waals surface area contributed by atoms with Gasteiger partial charge in [0, 0.05) is 29.8 Å². The Morgan fingerprint density at radius 1 is 1.48 bits per heavy atom. The molecule has 1 fully saturated rings. The molecule has 0 radical (unpaired) electrons. The van der Waals surface area contributed by atoms with Crippen molar-refractivity contribution in [1.82, 2.24) is 4.90 Å². The lowest BCUT2D eigenvalue weighted by molar-refractivity contribution is -0.0412. The minimum absolute atomic E-state index is 0.0632. The van der Waals surface area contributed by atoms with Crippen molar-refractivity contribution in [3.63, 3.8) is 0 Å². The summed E-state index contributed by atoms with van der Waals surface area (Å²) in [6, 6.07) is 1.16. The molecule has 0 saturated carbocycles. The zero-order valence-corrected chi connectivity index (χ0v) is 12.8. The first-order valence-corrected chi connectivity index (χ1v) is 8.45. The number of morpholine rings is 1. The fraction of sp³-hybridized carbons (Fsp3) is 0.500. The lowest BCUT2D eigenvalue weighted by Crippen LogP contribution is -2.42. The summed E-state index contributed by atoms with van der Waals surface area (Å²) >= 11 is 0. The summed E-state index contributed by atoms with van der Waals surface area (Å²) in [6.45, 7) is 1.76. The molecule has 5 nitrogen and oxygen atoms in total. The van der Waals surface area contributed by atoms with Crippen LogP contribution in [0.15, 0.2) is 17.0 Å². The van der Waals surface area contributed by atoms with E-state index in [2.05, 4.69) is 0 Å². The lowest BCUT2D eigenvalue weighted by Gasteiger charge is -2.30. The standard InChI is InChI=1S/C12H14ClF2NO4S/c1-16-2-3-19-9(6-16)7-20-12-10(15)4-8(14)5-11(12)21(13,17)18/h4-5,9H,2-3,6-7H2,1H3. The SMILES string of the molecule is CN1CCOC(COc2c(F)cc(F)cc2S(=O)(=O)Cl)C1. The maximum absolute atomic E-state index is 13.7. The highest BCUT2D eigenvalue weighted by atomic mass is 35.7. The van der Waals surface area contributed by atoms with Crippen LogP contribution in [0.5, 0.6) is 5.75 Å². The summed E-state index contributed by atoms with van der Waals surface area (Å²) < 4.78 is 60.2. The number of halogens is 3. The minimum atomic E-state index is -4.33. The first kappa shape index (κ1) is 16.4. The first-order valence-electron chi connectivity index (χ1n) is 6.14. The van der Waals surface area contributed by atoms with Gasteiger partial charge in [-0.05, 0) is 13.1 Å². The number of likely N-dealkylation sites (N-methyl/N-ethyl adjacent to an activating group) is 1. The molecule has 0 N–H and O–H groups in total. The lowest BCUT2D eigenvalue weighted by atomic mass is 10.3. The fourth-order valence-corrected chi connectivity index (χ4v) is 2.98. The molecule has 118 valence electrons. The average Bonchev–Trinajstić information content (AvgIpc) is 2.36. The Kier molecular flexibility index (Phi) is 5.03. The van der Waals surface area contributed by atoms with Crippen LogP contribution in [0, 0.1) is 11.6 Å². The Morgan fingerprint density at radius 3 is 2.81 bits per heavy atom. The molecule has 0 amide bonds. The second-order valence-electron chi connectivity index (χ2n) is 4.72. The Balaban J connectivity index is 2.19. The molecule has 1 aliphatic rings. The van der Waals surface area contributed by atoms with Crippen molar-refractivity contribution >= 4 is 19.7 Å². The van der Waals surface area contributed by atoms with Crippen molar-refractivity contribution < 1.29 is 26.7 Å². The highest BCUT2D eigenvalue weighted by molar-refractivity contribution is 8.13. The molecule has 0 aliphatic carbocycles. The Labute approximate surface area is 125 Å². The van der Waals surface area contributed by atoms with Crippen molar-refractivity contribution in [2.24, 2.45) is 0 Å². The highest BCUT2D eigenvalue weighted by Crippen LogP contribution is 2.31. The number of hydrogen-bond donors (Lipinski definition) is 0. The van der Waals surface area contributed by atoms with Crippen LogP contribution in [0.1, 0.15) is 0 Å². The molecule has 1 saturated heterocycles. The predicted octanol–water partition coefficient (Wildman–Crippen LogP) is 1.60. The van der Waals surface area contributed by atoms with Crippen LogP contribution >= 0.6 is 10.7 Å². The molecule has 1 aliphatic heterocycles. The quantitative estimate of drug-likeness (QED) is 0.779. The van der Waals surface area contributed by atoms with E-state index < -0.39 is 31.3 Å². The summed E-state index contributed by atoms with van der Waals surface area (Å²) in [5.74, 6) is -2.77. The van der Waals surface area contributed by atoms with Crippen molar-refractivity contribution in [3.8, 4) is 5.75 Å². The number of benzene rings is 1. The van der Waals surface area contributed by atoms with Crippen LogP contribution in [-0.2, 0) is 13.8 Å². The Morgan fingerprint density at radius 2 is 2.19 bits per heavy atom. The molecule has 0 spiro atoms. The van der Waals surface area contributed by atoms with Crippen LogP contribution in [0.25, 0.3) is 0 Å². The summed E-state index contributed by atoms with van der Waals surface area (Å²) in [5, 5.41) is 0. The Hall–Kier alpha value is -0.960. The molecular weight excluding hydrogens is 328 g/mol. The normalized spacial score (nSPS) is 20.5. The molecule has 1 atom stereocenters. The van der Waals surface area contributed by atoms with E-state index in [1.807, 2.05) is 11.9 Å². The second kappa shape index (κ2) is 6.43. The van der Waals surface area contributed by atoms with Gasteiger partial charge in [0.15, 0.2) is 11.6 Å². The fourth-order valence-electron chi connectivity index (χ4n) is 2.00. The molecular formula is C12H14ClF2NO4S. The molecule has 0 aromatic heterocycles. The molecule has 1 aromatic rings. The monoisotopic (exact) mass is 341 g/mol. The van der Waals surface area contributed by atoms with E-state index in [0.717, 1.165) is 6.54 Å². The number of rotatable bonds is 4. The van der Waals surface area contributed by atoms with Crippen LogP contribution in [0.4, 0.5) is 8.78 Å². The number of ether oxygens (including phenoxy) is 2. The van der Waals surface area contributed by atoms with Gasteiger partial charge in [-0.1, -0.05) is 0 Å². The number of hydrogen-bond acceptors (Lipinski definition) is 5. The zero-order valence-electron chi connectivity index (χ0n) is 11.2. The molecule has 9 heteroatoms. The van der Waals surface area contributed by atoms with Crippen LogP contribution in [-0.4, -0.2) is 52.8 Å². The Bertz CT molecular complexity index is 626. The van der Waals surface area contributed by atoms with Gasteiger partial charge in [-0.2, -0.15) is 0 Å². The van der Waals surface area contributed by atoms with Gasteiger partial charge in [-0.3, -0.25) is 0 Å². The molecule has 1 heterocycles. The van der Waals surface area contributed by atoms with Crippen LogP contribution in [0.2, 0.25) is 0 Å². The molecule has 21 heavy (non-hydrogen) atoms. The van der Waals surface area contributed by atoms with Gasteiger partial charge in [0.25, 0.3) is 9.05 Å². The van der Waals surface area contributed by atoms with E-state index in [1.54, 1.807) is 0 Å². The van der Waals surface area contributed by atoms with Crippen molar-refractivity contribution in [3.05, 3.63) is 23.8 Å². The third kappa shape index (κ3) is 4.26. The van der Waals surface area contributed by atoms with Gasteiger partial charge >= 0.3 is 0 Å². The van der Waals surface area contributed by atoms with E-state index in [-0.39, 0.29) is 12.7 Å². The van der Waals surface area contributed by atoms with Crippen molar-refractivity contribution in [1.29, 1.82) is 0 Å². The maximum atomic E-state index is 13.7. The molecule has 0 bridgehead atoms. The van der Waals surface area contributed by atoms with E-state index >= 15 is 0 Å². The third-order valence-electron chi connectivity index (χ3n) is 2.99. The average molecular weight is 342 g/mol. The van der Waals surface area contributed by atoms with Gasteiger partial charge in [0.1, 0.15) is 23.4 Å². The van der Waals surface area contributed by atoms with Crippen molar-refractivity contribution in [2.45, 2.75) is 11.0 Å². The van der Waals surface area contributed by atoms with E-state index in [4.69, 9.17) is 20.2 Å². The first-order chi connectivity index (χ1) is 9.77. The molecule has 1 unspecified atom stereocenters. The number of nitrogens with zero attached hydrogens (tertiary/aromatic N) is 1. The minimum Gasteiger partial charge on any atom is -0.486 e. The summed E-state index contributed by atoms with van der Waals surface area (Å²) in [4.78, 5) is 1.27. The zero-order chi connectivity index (χ0) is 15.6. The maximum Gasteiger partial charge on any atom is 0.265 e. The van der Waals surface area contributed by atoms with Crippen LogP contribution in [0.3, 0.4) is 0 Å². The van der Waals surface area contributed by atoms with E-state index in [0.29, 0.717) is 25.3 Å².